The second kappa shape index (κ2) is 29.7. The number of rotatable bonds is 32. The highest BCUT2D eigenvalue weighted by molar-refractivity contribution is 5.92. The van der Waals surface area contributed by atoms with Crippen LogP contribution >= 0.6 is 0 Å². The molecule has 0 bridgehead atoms. The molecule has 0 saturated carbocycles. The average molecular weight is 899 g/mol. The van der Waals surface area contributed by atoms with Gasteiger partial charge in [-0.15, -0.1) is 0 Å². The summed E-state index contributed by atoms with van der Waals surface area (Å²) in [5.41, 5.74) is 0.471. The molecule has 0 aliphatic rings. The van der Waals surface area contributed by atoms with Gasteiger partial charge in [0, 0.05) is 11.1 Å². The smallest absolute Gasteiger partial charge is 0.343 e. The van der Waals surface area contributed by atoms with E-state index in [1.165, 1.54) is 48.5 Å². The van der Waals surface area contributed by atoms with Crippen LogP contribution in [0.25, 0.3) is 0 Å². The maximum atomic E-state index is 15.0. The molecule has 0 radical (unpaired) electrons. The number of esters is 4. The lowest BCUT2D eigenvalue weighted by Gasteiger charge is -2.13. The van der Waals surface area contributed by atoms with Crippen molar-refractivity contribution >= 4 is 23.9 Å². The molecule has 10 nitrogen and oxygen atoms in total. The van der Waals surface area contributed by atoms with Gasteiger partial charge in [0.15, 0.2) is 0 Å². The van der Waals surface area contributed by atoms with Gasteiger partial charge in [0.2, 0.25) is 34.8 Å². The van der Waals surface area contributed by atoms with Crippen LogP contribution in [0.15, 0.2) is 72.8 Å². The van der Waals surface area contributed by atoms with Gasteiger partial charge in [0.25, 0.3) is 0 Å². The van der Waals surface area contributed by atoms with Gasteiger partial charge in [-0.05, 0) is 88.1 Å². The lowest BCUT2D eigenvalue weighted by Crippen LogP contribution is -2.16. The zero-order valence-corrected chi connectivity index (χ0v) is 37.2. The number of benzene rings is 3. The fourth-order valence-electron chi connectivity index (χ4n) is 6.29. The summed E-state index contributed by atoms with van der Waals surface area (Å²) in [6.07, 6.45) is 18.2. The molecule has 0 amide bonds. The van der Waals surface area contributed by atoms with Crippen molar-refractivity contribution < 1.29 is 65.2 Å². The van der Waals surface area contributed by atoms with Crippen LogP contribution < -0.4 is 18.9 Å². The molecule has 0 aliphatic heterocycles. The second-order valence-corrected chi connectivity index (χ2v) is 15.6. The van der Waals surface area contributed by atoms with Crippen molar-refractivity contribution in [3.05, 3.63) is 107 Å². The van der Waals surface area contributed by atoms with Crippen molar-refractivity contribution in [1.82, 2.24) is 0 Å². The normalized spacial score (nSPS) is 10.8. The van der Waals surface area contributed by atoms with E-state index in [-0.39, 0.29) is 23.1 Å². The van der Waals surface area contributed by atoms with Gasteiger partial charge in [0.05, 0.1) is 37.6 Å². The van der Waals surface area contributed by atoms with Crippen molar-refractivity contribution in [3.63, 3.8) is 0 Å². The predicted molar refractivity (Wildman–Crippen MR) is 235 cm³/mol. The zero-order chi connectivity index (χ0) is 46.7. The molecule has 0 saturated heterocycles. The van der Waals surface area contributed by atoms with Crippen molar-refractivity contribution in [3.8, 4) is 23.0 Å². The van der Waals surface area contributed by atoms with Crippen LogP contribution in [0.1, 0.15) is 150 Å². The van der Waals surface area contributed by atoms with Crippen molar-refractivity contribution in [2.45, 2.75) is 129 Å². The molecule has 0 atom stereocenters. The Hall–Kier alpha value is -5.66. The summed E-state index contributed by atoms with van der Waals surface area (Å²) in [6, 6.07) is 10.9. The first-order valence-electron chi connectivity index (χ1n) is 22.2. The SMILES string of the molecule is C=C(C)C(=O)OCCCCCCCCCCCOc1ccc(C(=O)Oc2c(F)c(F)c(OC(=O)c3ccc(OCCCCCCCCCCCOC(=O)C(=C)C)cc3)c(F)c2F)cc1. The van der Waals surface area contributed by atoms with E-state index in [1.54, 1.807) is 13.8 Å². The minimum atomic E-state index is -2.06. The highest BCUT2D eigenvalue weighted by Crippen LogP contribution is 2.36. The molecule has 0 N–H and O–H groups in total. The summed E-state index contributed by atoms with van der Waals surface area (Å²) in [5.74, 6) is -13.9. The Morgan fingerprint density at radius 3 is 0.922 bits per heavy atom. The monoisotopic (exact) mass is 898 g/mol. The van der Waals surface area contributed by atoms with Gasteiger partial charge >= 0.3 is 23.9 Å². The quantitative estimate of drug-likeness (QED) is 0.0149. The van der Waals surface area contributed by atoms with Gasteiger partial charge in [-0.3, -0.25) is 0 Å². The molecule has 64 heavy (non-hydrogen) atoms. The standard InChI is InChI=1S/C50H62F4O10/c1-35(2)47(55)61-33-21-17-13-9-5-7-11-15-19-31-59-39-27-23-37(24-28-39)49(57)63-45-41(51)43(53)46(44(54)42(45)52)64-50(58)38-25-29-40(30-26-38)60-32-20-16-12-8-6-10-14-18-22-34-62-48(56)36(3)4/h23-30H,1,3,5-22,31-34H2,2,4H3. The van der Waals surface area contributed by atoms with Crippen LogP contribution in [0.5, 0.6) is 23.0 Å². The highest BCUT2D eigenvalue weighted by atomic mass is 19.2. The molecule has 3 aromatic rings. The number of hydrogen-bond acceptors (Lipinski definition) is 10. The Morgan fingerprint density at radius 2 is 0.656 bits per heavy atom. The topological polar surface area (TPSA) is 124 Å². The third-order valence-corrected chi connectivity index (χ3v) is 10.0. The van der Waals surface area contributed by atoms with Gasteiger partial charge in [0.1, 0.15) is 11.5 Å². The molecule has 350 valence electrons. The molecule has 3 aromatic carbocycles. The maximum absolute atomic E-state index is 15.0. The molecule has 0 heterocycles. The Balaban J connectivity index is 1.32. The zero-order valence-electron chi connectivity index (χ0n) is 37.2. The number of halogens is 4. The summed E-state index contributed by atoms with van der Waals surface area (Å²) >= 11 is 0. The Morgan fingerprint density at radius 1 is 0.406 bits per heavy atom. The first-order valence-corrected chi connectivity index (χ1v) is 22.2. The van der Waals surface area contributed by atoms with Crippen molar-refractivity contribution in [2.24, 2.45) is 0 Å². The maximum Gasteiger partial charge on any atom is 0.343 e. The highest BCUT2D eigenvalue weighted by Gasteiger charge is 2.31. The molecular weight excluding hydrogens is 837 g/mol. The van der Waals surface area contributed by atoms with E-state index >= 15 is 0 Å². The summed E-state index contributed by atoms with van der Waals surface area (Å²) in [6.45, 7) is 12.1. The van der Waals surface area contributed by atoms with Crippen molar-refractivity contribution in [1.29, 1.82) is 0 Å². The number of carbonyl (C=O) groups excluding carboxylic acids is 4. The molecule has 0 spiro atoms. The summed E-state index contributed by atoms with van der Waals surface area (Å²) in [7, 11) is 0. The lowest BCUT2D eigenvalue weighted by atomic mass is 10.1. The molecule has 0 fully saturated rings. The van der Waals surface area contributed by atoms with E-state index in [0.29, 0.717) is 49.1 Å². The summed E-state index contributed by atoms with van der Waals surface area (Å²) in [4.78, 5) is 48.1. The van der Waals surface area contributed by atoms with E-state index in [2.05, 4.69) is 13.2 Å². The first-order chi connectivity index (χ1) is 30.8. The fourth-order valence-corrected chi connectivity index (χ4v) is 6.29. The van der Waals surface area contributed by atoms with Gasteiger partial charge in [-0.1, -0.05) is 103 Å². The van der Waals surface area contributed by atoms with Crippen molar-refractivity contribution in [2.75, 3.05) is 26.4 Å². The van der Waals surface area contributed by atoms with Crippen LogP contribution in [0.2, 0.25) is 0 Å². The van der Waals surface area contributed by atoms with E-state index in [1.807, 2.05) is 0 Å². The third kappa shape index (κ3) is 19.4. The van der Waals surface area contributed by atoms with E-state index in [4.69, 9.17) is 28.4 Å². The molecule has 0 aromatic heterocycles. The van der Waals surface area contributed by atoms with Crippen LogP contribution in [0.4, 0.5) is 17.6 Å². The number of carbonyl (C=O) groups is 4. The van der Waals surface area contributed by atoms with Crippen LogP contribution in [0.3, 0.4) is 0 Å². The summed E-state index contributed by atoms with van der Waals surface area (Å²) in [5, 5.41) is 0. The Labute approximate surface area is 374 Å². The van der Waals surface area contributed by atoms with Gasteiger partial charge < -0.3 is 28.4 Å². The number of ether oxygens (including phenoxy) is 6. The fraction of sp³-hybridized carbons (Fsp3) is 0.480. The minimum Gasteiger partial charge on any atom is -0.494 e. The van der Waals surface area contributed by atoms with E-state index in [9.17, 15) is 36.7 Å². The lowest BCUT2D eigenvalue weighted by molar-refractivity contribution is -0.139. The Bertz CT molecular complexity index is 1790. The third-order valence-electron chi connectivity index (χ3n) is 10.0. The predicted octanol–water partition coefficient (Wildman–Crippen LogP) is 12.7. The van der Waals surface area contributed by atoms with Crippen LogP contribution in [0, 0.1) is 23.3 Å². The molecule has 0 unspecified atom stereocenters. The number of unbranched alkanes of at least 4 members (excludes halogenated alkanes) is 16. The minimum absolute atomic E-state index is 0.167. The average Bonchev–Trinajstić information content (AvgIpc) is 3.28. The molecule has 3 rings (SSSR count). The van der Waals surface area contributed by atoms with E-state index < -0.39 is 46.7 Å². The van der Waals surface area contributed by atoms with Crippen LogP contribution in [-0.2, 0) is 19.1 Å². The first kappa shape index (κ1) is 52.7. The van der Waals surface area contributed by atoms with E-state index in [0.717, 1.165) is 116 Å². The Kier molecular flexibility index (Phi) is 24.4. The summed E-state index contributed by atoms with van der Waals surface area (Å²) < 4.78 is 90.9. The largest absolute Gasteiger partial charge is 0.494 e. The molecule has 0 aliphatic carbocycles. The molecule has 14 heteroatoms. The van der Waals surface area contributed by atoms with Gasteiger partial charge in [-0.25, -0.2) is 19.2 Å². The van der Waals surface area contributed by atoms with Crippen LogP contribution in [-0.4, -0.2) is 50.3 Å². The number of hydrogen-bond donors (Lipinski definition) is 0. The second-order valence-electron chi connectivity index (χ2n) is 15.6. The van der Waals surface area contributed by atoms with Gasteiger partial charge in [-0.2, -0.15) is 17.6 Å². The molecular formula is C50H62F4O10.